The highest BCUT2D eigenvalue weighted by atomic mass is 32.2. The zero-order valence-electron chi connectivity index (χ0n) is 11.6. The number of nitrogens with one attached hydrogen (secondary N) is 1. The smallest absolute Gasteiger partial charge is 0.263 e. The van der Waals surface area contributed by atoms with Gasteiger partial charge in [-0.2, -0.15) is 0 Å². The molecule has 1 unspecified atom stereocenters. The number of carbonyl (C=O) groups excluding carboxylic acids is 1. The first-order valence-corrected chi connectivity index (χ1v) is 8.91. The Morgan fingerprint density at radius 3 is 2.85 bits per heavy atom. The average molecular weight is 310 g/mol. The lowest BCUT2D eigenvalue weighted by molar-refractivity contribution is 0.0958. The van der Waals surface area contributed by atoms with Crippen LogP contribution < -0.4 is 11.1 Å². The molecular weight excluding hydrogens is 292 g/mol. The summed E-state index contributed by atoms with van der Waals surface area (Å²) in [5.74, 6) is 0.450. The van der Waals surface area contributed by atoms with Crippen molar-refractivity contribution in [2.75, 3.05) is 24.3 Å². The molecule has 4 nitrogen and oxygen atoms in total. The third-order valence-corrected chi connectivity index (χ3v) is 5.27. The van der Waals surface area contributed by atoms with Gasteiger partial charge in [0, 0.05) is 39.4 Å². The van der Waals surface area contributed by atoms with Crippen molar-refractivity contribution < 1.29 is 9.00 Å². The van der Waals surface area contributed by atoms with Gasteiger partial charge in [0.2, 0.25) is 0 Å². The van der Waals surface area contributed by atoms with Gasteiger partial charge in [-0.05, 0) is 18.9 Å². The number of nitrogen functional groups attached to an aromatic ring is 1. The first-order valence-electron chi connectivity index (χ1n) is 6.36. The first kappa shape index (κ1) is 15.0. The van der Waals surface area contributed by atoms with Crippen molar-refractivity contribution in [3.05, 3.63) is 28.6 Å². The molecular formula is C14H18N2O2S2. The van der Waals surface area contributed by atoms with Crippen molar-refractivity contribution >= 4 is 43.8 Å². The van der Waals surface area contributed by atoms with E-state index in [1.165, 1.54) is 11.3 Å². The van der Waals surface area contributed by atoms with E-state index in [0.29, 0.717) is 29.3 Å². The minimum absolute atomic E-state index is 0.148. The van der Waals surface area contributed by atoms with Crippen molar-refractivity contribution in [2.24, 2.45) is 0 Å². The average Bonchev–Trinajstić information content (AvgIpc) is 2.74. The van der Waals surface area contributed by atoms with Gasteiger partial charge in [-0.25, -0.2) is 0 Å². The molecule has 1 amide bonds. The predicted octanol–water partition coefficient (Wildman–Crippen LogP) is 2.29. The molecule has 1 atom stereocenters. The molecule has 0 aliphatic carbocycles. The molecule has 1 aromatic heterocycles. The van der Waals surface area contributed by atoms with E-state index in [1.807, 2.05) is 25.1 Å². The summed E-state index contributed by atoms with van der Waals surface area (Å²) >= 11 is 1.43. The Bertz CT molecular complexity index is 664. The van der Waals surface area contributed by atoms with E-state index in [0.717, 1.165) is 15.6 Å². The van der Waals surface area contributed by atoms with Gasteiger partial charge in [0.05, 0.1) is 5.69 Å². The Kier molecular flexibility index (Phi) is 4.77. The van der Waals surface area contributed by atoms with Gasteiger partial charge in [-0.15, -0.1) is 11.3 Å². The number of amides is 1. The summed E-state index contributed by atoms with van der Waals surface area (Å²) in [4.78, 5) is 12.7. The van der Waals surface area contributed by atoms with Gasteiger partial charge in [-0.1, -0.05) is 18.2 Å². The van der Waals surface area contributed by atoms with E-state index in [4.69, 9.17) is 5.73 Å². The highest BCUT2D eigenvalue weighted by Crippen LogP contribution is 2.35. The molecule has 0 spiro atoms. The lowest BCUT2D eigenvalue weighted by Gasteiger charge is -2.03. The van der Waals surface area contributed by atoms with Crippen LogP contribution in [0.3, 0.4) is 0 Å². The number of carbonyl (C=O) groups is 1. The summed E-state index contributed by atoms with van der Waals surface area (Å²) in [6.07, 6.45) is 2.37. The van der Waals surface area contributed by atoms with Crippen LogP contribution in [-0.4, -0.2) is 28.7 Å². The molecule has 0 bridgehead atoms. The molecule has 0 fully saturated rings. The zero-order valence-corrected chi connectivity index (χ0v) is 13.2. The van der Waals surface area contributed by atoms with E-state index >= 15 is 0 Å². The molecule has 1 aromatic carbocycles. The number of hydrogen-bond acceptors (Lipinski definition) is 4. The molecule has 20 heavy (non-hydrogen) atoms. The van der Waals surface area contributed by atoms with Crippen LogP contribution in [0.2, 0.25) is 0 Å². The van der Waals surface area contributed by atoms with Crippen molar-refractivity contribution in [3.8, 4) is 0 Å². The lowest BCUT2D eigenvalue weighted by Crippen LogP contribution is -2.25. The Hall–Kier alpha value is -1.40. The summed E-state index contributed by atoms with van der Waals surface area (Å²) < 4.78 is 12.0. The fourth-order valence-electron chi connectivity index (χ4n) is 2.01. The number of rotatable bonds is 5. The minimum atomic E-state index is -0.818. The fraction of sp³-hybridized carbons (Fsp3) is 0.357. The number of aryl methyl sites for hydroxylation is 1. The van der Waals surface area contributed by atoms with Gasteiger partial charge < -0.3 is 11.1 Å². The fourth-order valence-corrected chi connectivity index (χ4v) is 3.66. The topological polar surface area (TPSA) is 72.2 Å². The van der Waals surface area contributed by atoms with Crippen LogP contribution in [0, 0.1) is 6.92 Å². The van der Waals surface area contributed by atoms with Crippen LogP contribution in [0.15, 0.2) is 18.2 Å². The summed E-state index contributed by atoms with van der Waals surface area (Å²) in [7, 11) is -0.818. The van der Waals surface area contributed by atoms with E-state index in [1.54, 1.807) is 6.26 Å². The quantitative estimate of drug-likeness (QED) is 0.832. The summed E-state index contributed by atoms with van der Waals surface area (Å²) in [6, 6.07) is 5.89. The normalized spacial score (nSPS) is 12.5. The number of fused-ring (bicyclic) bond motifs is 1. The van der Waals surface area contributed by atoms with E-state index < -0.39 is 10.8 Å². The standard InChI is InChI=1S/C14H18N2O2S2/c1-9-5-3-6-10-11(15)13(19-12(9)10)14(17)16-7-4-8-20(2)18/h3,5-6H,4,7-8,15H2,1-2H3,(H,16,17). The van der Waals surface area contributed by atoms with Crippen LogP contribution in [0.1, 0.15) is 21.7 Å². The molecule has 6 heteroatoms. The highest BCUT2D eigenvalue weighted by Gasteiger charge is 2.16. The summed E-state index contributed by atoms with van der Waals surface area (Å²) in [6.45, 7) is 2.53. The largest absolute Gasteiger partial charge is 0.397 e. The van der Waals surface area contributed by atoms with Gasteiger partial charge in [0.1, 0.15) is 4.88 Å². The highest BCUT2D eigenvalue weighted by molar-refractivity contribution is 7.84. The molecule has 0 saturated carbocycles. The molecule has 108 valence electrons. The maximum atomic E-state index is 12.1. The molecule has 2 rings (SSSR count). The molecule has 3 N–H and O–H groups in total. The van der Waals surface area contributed by atoms with Crippen LogP contribution in [0.5, 0.6) is 0 Å². The van der Waals surface area contributed by atoms with E-state index in [2.05, 4.69) is 5.32 Å². The first-order chi connectivity index (χ1) is 9.50. The van der Waals surface area contributed by atoms with Crippen LogP contribution in [0.4, 0.5) is 5.69 Å². The van der Waals surface area contributed by atoms with Gasteiger partial charge in [-0.3, -0.25) is 9.00 Å². The molecule has 0 aliphatic heterocycles. The number of anilines is 1. The lowest BCUT2D eigenvalue weighted by atomic mass is 10.1. The number of hydrogen-bond donors (Lipinski definition) is 2. The van der Waals surface area contributed by atoms with Crippen molar-refractivity contribution in [2.45, 2.75) is 13.3 Å². The molecule has 0 radical (unpaired) electrons. The number of benzene rings is 1. The third-order valence-electron chi connectivity index (χ3n) is 3.05. The van der Waals surface area contributed by atoms with Gasteiger partial charge in [0.15, 0.2) is 0 Å². The Labute approximate surface area is 124 Å². The second kappa shape index (κ2) is 6.37. The Morgan fingerprint density at radius 2 is 2.20 bits per heavy atom. The van der Waals surface area contributed by atoms with E-state index in [9.17, 15) is 9.00 Å². The third kappa shape index (κ3) is 3.19. The number of nitrogens with two attached hydrogens (primary N) is 1. The Balaban J connectivity index is 2.12. The van der Waals surface area contributed by atoms with E-state index in [-0.39, 0.29) is 5.91 Å². The zero-order chi connectivity index (χ0) is 14.7. The van der Waals surface area contributed by atoms with Crippen molar-refractivity contribution in [1.82, 2.24) is 5.32 Å². The SMILES string of the molecule is Cc1cccc2c(N)c(C(=O)NCCCS(C)=O)sc12. The van der Waals surface area contributed by atoms with Crippen molar-refractivity contribution in [1.29, 1.82) is 0 Å². The summed E-state index contributed by atoms with van der Waals surface area (Å²) in [5, 5.41) is 3.77. The van der Waals surface area contributed by atoms with Crippen LogP contribution in [-0.2, 0) is 10.8 Å². The van der Waals surface area contributed by atoms with Gasteiger partial charge in [0.25, 0.3) is 5.91 Å². The Morgan fingerprint density at radius 1 is 1.45 bits per heavy atom. The molecule has 0 saturated heterocycles. The monoisotopic (exact) mass is 310 g/mol. The number of thiophene rings is 1. The van der Waals surface area contributed by atoms with Crippen LogP contribution >= 0.6 is 11.3 Å². The molecule has 2 aromatic rings. The van der Waals surface area contributed by atoms with Gasteiger partial charge >= 0.3 is 0 Å². The molecule has 1 heterocycles. The maximum absolute atomic E-state index is 12.1. The summed E-state index contributed by atoms with van der Waals surface area (Å²) in [5.41, 5.74) is 7.73. The minimum Gasteiger partial charge on any atom is -0.397 e. The second-order valence-corrected chi connectivity index (χ2v) is 7.26. The molecule has 0 aliphatic rings. The second-order valence-electron chi connectivity index (χ2n) is 4.68. The predicted molar refractivity (Wildman–Crippen MR) is 86.9 cm³/mol. The maximum Gasteiger partial charge on any atom is 0.263 e. The van der Waals surface area contributed by atoms with Crippen LogP contribution in [0.25, 0.3) is 10.1 Å². The van der Waals surface area contributed by atoms with Crippen molar-refractivity contribution in [3.63, 3.8) is 0 Å².